The van der Waals surface area contributed by atoms with Crippen molar-refractivity contribution in [1.29, 1.82) is 0 Å². The number of aryl methyl sites for hydroxylation is 3. The number of ether oxygens (including phenoxy) is 1. The summed E-state index contributed by atoms with van der Waals surface area (Å²) in [5.41, 5.74) is 5.59. The predicted octanol–water partition coefficient (Wildman–Crippen LogP) is 4.22. The fourth-order valence-corrected chi connectivity index (χ4v) is 3.43. The van der Waals surface area contributed by atoms with E-state index >= 15 is 0 Å². The van der Waals surface area contributed by atoms with E-state index in [1.807, 2.05) is 0 Å². The fraction of sp³-hybridized carbons (Fsp3) is 0.667. The Balaban J connectivity index is 2.29. The first-order chi connectivity index (χ1) is 9.63. The maximum Gasteiger partial charge on any atom is 0.0769 e. The van der Waals surface area contributed by atoms with Gasteiger partial charge in [-0.3, -0.25) is 0 Å². The maximum absolute atomic E-state index is 6.07. The molecule has 1 aliphatic rings. The number of hydrogen-bond acceptors (Lipinski definition) is 2. The fourth-order valence-electron chi connectivity index (χ4n) is 3.43. The molecule has 20 heavy (non-hydrogen) atoms. The lowest BCUT2D eigenvalue weighted by atomic mass is 9.88. The van der Waals surface area contributed by atoms with E-state index in [1.54, 1.807) is 0 Å². The molecule has 1 N–H and O–H groups in total. The Kier molecular flexibility index (Phi) is 5.62. The average molecular weight is 275 g/mol. The van der Waals surface area contributed by atoms with Crippen molar-refractivity contribution in [2.24, 2.45) is 0 Å². The van der Waals surface area contributed by atoms with Crippen LogP contribution in [-0.4, -0.2) is 19.3 Å². The third kappa shape index (κ3) is 3.62. The van der Waals surface area contributed by atoms with Crippen molar-refractivity contribution in [3.05, 3.63) is 34.4 Å². The number of rotatable bonds is 5. The second kappa shape index (κ2) is 7.24. The zero-order chi connectivity index (χ0) is 14.5. The molecule has 2 rings (SSSR count). The summed E-state index contributed by atoms with van der Waals surface area (Å²) in [5.74, 6) is 0. The molecule has 0 aromatic heterocycles. The van der Waals surface area contributed by atoms with Gasteiger partial charge in [-0.1, -0.05) is 24.6 Å². The SMILES string of the molecule is CCCNC(c1c(C)cc(C)cc1C)C1CCCCO1. The topological polar surface area (TPSA) is 21.3 Å². The summed E-state index contributed by atoms with van der Waals surface area (Å²) in [5, 5.41) is 3.73. The third-order valence-electron chi connectivity index (χ3n) is 4.25. The zero-order valence-electron chi connectivity index (χ0n) is 13.5. The molecule has 1 aromatic rings. The number of nitrogens with one attached hydrogen (secondary N) is 1. The van der Waals surface area contributed by atoms with Gasteiger partial charge in [0.05, 0.1) is 12.1 Å². The summed E-state index contributed by atoms with van der Waals surface area (Å²) in [7, 11) is 0. The quantitative estimate of drug-likeness (QED) is 0.868. The van der Waals surface area contributed by atoms with Gasteiger partial charge in [0.15, 0.2) is 0 Å². The summed E-state index contributed by atoms with van der Waals surface area (Å²) in [6.07, 6.45) is 5.17. The van der Waals surface area contributed by atoms with Gasteiger partial charge in [-0.25, -0.2) is 0 Å². The smallest absolute Gasteiger partial charge is 0.0769 e. The monoisotopic (exact) mass is 275 g/mol. The Bertz CT molecular complexity index is 412. The molecule has 0 radical (unpaired) electrons. The number of hydrogen-bond donors (Lipinski definition) is 1. The molecule has 2 atom stereocenters. The Labute approximate surface area is 123 Å². The van der Waals surface area contributed by atoms with E-state index in [0.29, 0.717) is 12.1 Å². The van der Waals surface area contributed by atoms with E-state index in [0.717, 1.165) is 19.6 Å². The Morgan fingerprint density at radius 2 is 1.90 bits per heavy atom. The highest BCUT2D eigenvalue weighted by Crippen LogP contribution is 2.31. The molecular formula is C18H29NO. The molecule has 2 heteroatoms. The standard InChI is InChI=1S/C18H29NO/c1-5-9-19-18(16-8-6-7-10-20-16)17-14(3)11-13(2)12-15(17)4/h11-12,16,18-19H,5-10H2,1-4H3. The zero-order valence-corrected chi connectivity index (χ0v) is 13.5. The highest BCUT2D eigenvalue weighted by Gasteiger charge is 2.27. The Morgan fingerprint density at radius 3 is 2.45 bits per heavy atom. The first-order valence-corrected chi connectivity index (χ1v) is 8.06. The highest BCUT2D eigenvalue weighted by atomic mass is 16.5. The molecule has 1 fully saturated rings. The van der Waals surface area contributed by atoms with Crippen molar-refractivity contribution in [3.63, 3.8) is 0 Å². The van der Waals surface area contributed by atoms with Crippen LogP contribution < -0.4 is 5.32 Å². The van der Waals surface area contributed by atoms with Gasteiger partial charge in [0.1, 0.15) is 0 Å². The minimum atomic E-state index is 0.329. The van der Waals surface area contributed by atoms with Crippen LogP contribution in [0, 0.1) is 20.8 Å². The van der Waals surface area contributed by atoms with Gasteiger partial charge in [0, 0.05) is 6.61 Å². The van der Waals surface area contributed by atoms with Crippen LogP contribution in [0.4, 0.5) is 0 Å². The lowest BCUT2D eigenvalue weighted by Gasteiger charge is -2.33. The molecule has 2 unspecified atom stereocenters. The van der Waals surface area contributed by atoms with Crippen LogP contribution >= 0.6 is 0 Å². The Hall–Kier alpha value is -0.860. The second-order valence-electron chi connectivity index (χ2n) is 6.15. The van der Waals surface area contributed by atoms with Gasteiger partial charge < -0.3 is 10.1 Å². The van der Waals surface area contributed by atoms with Gasteiger partial charge in [0.2, 0.25) is 0 Å². The van der Waals surface area contributed by atoms with Crippen LogP contribution in [0.3, 0.4) is 0 Å². The molecule has 0 bridgehead atoms. The molecule has 2 nitrogen and oxygen atoms in total. The molecule has 0 spiro atoms. The Morgan fingerprint density at radius 1 is 1.20 bits per heavy atom. The average Bonchev–Trinajstić information content (AvgIpc) is 2.42. The largest absolute Gasteiger partial charge is 0.376 e. The molecule has 112 valence electrons. The second-order valence-corrected chi connectivity index (χ2v) is 6.15. The molecule has 1 aromatic carbocycles. The van der Waals surface area contributed by atoms with E-state index in [-0.39, 0.29) is 0 Å². The predicted molar refractivity (Wildman–Crippen MR) is 85.3 cm³/mol. The van der Waals surface area contributed by atoms with Gasteiger partial charge >= 0.3 is 0 Å². The van der Waals surface area contributed by atoms with Crippen LogP contribution in [0.2, 0.25) is 0 Å². The molecule has 0 amide bonds. The van der Waals surface area contributed by atoms with E-state index in [9.17, 15) is 0 Å². The van der Waals surface area contributed by atoms with Crippen molar-refractivity contribution in [2.45, 2.75) is 65.5 Å². The van der Waals surface area contributed by atoms with Crippen molar-refractivity contribution in [2.75, 3.05) is 13.2 Å². The molecule has 1 saturated heterocycles. The third-order valence-corrected chi connectivity index (χ3v) is 4.25. The summed E-state index contributed by atoms with van der Waals surface area (Å²) in [4.78, 5) is 0. The minimum Gasteiger partial charge on any atom is -0.376 e. The first-order valence-electron chi connectivity index (χ1n) is 8.06. The minimum absolute atomic E-state index is 0.329. The van der Waals surface area contributed by atoms with Crippen LogP contribution in [0.15, 0.2) is 12.1 Å². The van der Waals surface area contributed by atoms with Crippen LogP contribution in [0.1, 0.15) is 60.9 Å². The van der Waals surface area contributed by atoms with Gasteiger partial charge in [0.25, 0.3) is 0 Å². The number of benzene rings is 1. The molecule has 0 aliphatic carbocycles. The maximum atomic E-state index is 6.07. The van der Waals surface area contributed by atoms with Crippen molar-refractivity contribution in [3.8, 4) is 0 Å². The molecular weight excluding hydrogens is 246 g/mol. The summed E-state index contributed by atoms with van der Waals surface area (Å²) >= 11 is 0. The van der Waals surface area contributed by atoms with E-state index < -0.39 is 0 Å². The molecule has 1 aliphatic heterocycles. The van der Waals surface area contributed by atoms with Crippen molar-refractivity contribution in [1.82, 2.24) is 5.32 Å². The van der Waals surface area contributed by atoms with Crippen LogP contribution in [0.25, 0.3) is 0 Å². The van der Waals surface area contributed by atoms with Gasteiger partial charge in [-0.05, 0) is 69.7 Å². The summed E-state index contributed by atoms with van der Waals surface area (Å²) < 4.78 is 6.07. The highest BCUT2D eigenvalue weighted by molar-refractivity contribution is 5.40. The van der Waals surface area contributed by atoms with E-state index in [4.69, 9.17) is 4.74 Å². The summed E-state index contributed by atoms with van der Waals surface area (Å²) in [6, 6.07) is 4.94. The van der Waals surface area contributed by atoms with Crippen LogP contribution in [-0.2, 0) is 4.74 Å². The molecule has 1 heterocycles. The summed E-state index contributed by atoms with van der Waals surface area (Å²) in [6.45, 7) is 10.8. The lowest BCUT2D eigenvalue weighted by Crippen LogP contribution is -2.37. The normalized spacial score (nSPS) is 20.9. The van der Waals surface area contributed by atoms with Crippen LogP contribution in [0.5, 0.6) is 0 Å². The van der Waals surface area contributed by atoms with Crippen molar-refractivity contribution >= 4 is 0 Å². The lowest BCUT2D eigenvalue weighted by molar-refractivity contribution is -0.00841. The van der Waals surface area contributed by atoms with Gasteiger partial charge in [-0.2, -0.15) is 0 Å². The van der Waals surface area contributed by atoms with Gasteiger partial charge in [-0.15, -0.1) is 0 Å². The first kappa shape index (κ1) is 15.5. The van der Waals surface area contributed by atoms with Crippen molar-refractivity contribution < 1.29 is 4.74 Å². The molecule has 0 saturated carbocycles. The van der Waals surface area contributed by atoms with E-state index in [1.165, 1.54) is 41.5 Å². The van der Waals surface area contributed by atoms with E-state index in [2.05, 4.69) is 45.1 Å².